The maximum absolute atomic E-state index is 12.7. The predicted octanol–water partition coefficient (Wildman–Crippen LogP) is 4.10. The largest absolute Gasteiger partial charge is 0.262 e. The fraction of sp³-hybridized carbons (Fsp3) is 0.167. The molecule has 1 aromatic rings. The van der Waals surface area contributed by atoms with Gasteiger partial charge >= 0.3 is 0 Å². The zero-order valence-corrected chi connectivity index (χ0v) is 19.6. The maximum Gasteiger partial charge on any atom is 0.262 e. The van der Waals surface area contributed by atoms with Crippen LogP contribution in [0.4, 0.5) is 0 Å². The van der Waals surface area contributed by atoms with Gasteiger partial charge in [-0.05, 0) is 17.7 Å². The highest BCUT2D eigenvalue weighted by Crippen LogP contribution is 2.42. The molecule has 1 aliphatic carbocycles. The van der Waals surface area contributed by atoms with Crippen molar-refractivity contribution in [3.8, 4) is 0 Å². The van der Waals surface area contributed by atoms with E-state index in [0.717, 1.165) is 17.7 Å². The van der Waals surface area contributed by atoms with Crippen molar-refractivity contribution < 1.29 is 16.8 Å². The summed E-state index contributed by atoms with van der Waals surface area (Å²) < 4.78 is 49.4. The molecule has 0 N–H and O–H groups in total. The van der Waals surface area contributed by atoms with E-state index >= 15 is 0 Å². The number of sulfonamides is 2. The van der Waals surface area contributed by atoms with Crippen LogP contribution in [0.5, 0.6) is 0 Å². The Morgan fingerprint density at radius 2 is 1.21 bits per heavy atom. The highest BCUT2D eigenvalue weighted by molar-refractivity contribution is 9.23. The van der Waals surface area contributed by atoms with Gasteiger partial charge in [0, 0.05) is 70.5 Å². The summed E-state index contributed by atoms with van der Waals surface area (Å²) >= 11 is 11.0. The normalized spacial score (nSPS) is 18.4. The molecule has 2 rings (SSSR count). The molecule has 0 heterocycles. The van der Waals surface area contributed by atoms with E-state index in [9.17, 15) is 16.8 Å². The molecule has 0 radical (unpaired) electrons. The maximum atomic E-state index is 12.7. The third-order valence-corrected chi connectivity index (χ3v) is 12.1. The number of halogens is 4. The Morgan fingerprint density at radius 1 is 0.792 bits per heavy atom. The average Bonchev–Trinajstić information content (AvgIpc) is 2.55. The fourth-order valence-electron chi connectivity index (χ4n) is 2.19. The van der Waals surface area contributed by atoms with Gasteiger partial charge in [-0.25, -0.2) is 16.8 Å². The van der Waals surface area contributed by atoms with Crippen LogP contribution in [0.3, 0.4) is 0 Å². The molecule has 132 valence electrons. The van der Waals surface area contributed by atoms with Gasteiger partial charge in [-0.15, -0.1) is 0 Å². The van der Waals surface area contributed by atoms with Crippen LogP contribution in [0.1, 0.15) is 11.5 Å². The van der Waals surface area contributed by atoms with Crippen LogP contribution in [-0.4, -0.2) is 25.6 Å². The Kier molecular flexibility index (Phi) is 6.56. The zero-order valence-electron chi connectivity index (χ0n) is 11.6. The van der Waals surface area contributed by atoms with Crippen molar-refractivity contribution in [2.24, 2.45) is 0 Å². The summed E-state index contributed by atoms with van der Waals surface area (Å²) in [6, 6.07) is 9.31. The van der Waals surface area contributed by atoms with E-state index in [2.05, 4.69) is 64.6 Å². The second kappa shape index (κ2) is 7.59. The van der Waals surface area contributed by atoms with E-state index in [4.69, 9.17) is 0 Å². The van der Waals surface area contributed by atoms with Gasteiger partial charge in [-0.3, -0.25) is 0 Å². The Labute approximate surface area is 175 Å². The smallest absolute Gasteiger partial charge is 0.208 e. The predicted molar refractivity (Wildman–Crippen MR) is 107 cm³/mol. The molecule has 0 unspecified atom stereocenters. The molecule has 0 saturated carbocycles. The van der Waals surface area contributed by atoms with Crippen LogP contribution in [0, 0.1) is 0 Å². The van der Waals surface area contributed by atoms with Crippen molar-refractivity contribution in [1.29, 1.82) is 0 Å². The number of hydrogen-bond acceptors (Lipinski definition) is 4. The van der Waals surface area contributed by atoms with Crippen molar-refractivity contribution in [2.75, 3.05) is 0 Å². The van der Waals surface area contributed by atoms with Crippen molar-refractivity contribution in [1.82, 2.24) is 4.71 Å². The van der Waals surface area contributed by atoms with E-state index in [0.29, 0.717) is 4.71 Å². The minimum atomic E-state index is -4.37. The molecule has 0 aromatic heterocycles. The molecular weight excluding hydrogens is 620 g/mol. The van der Waals surface area contributed by atoms with Gasteiger partial charge in [0.15, 0.2) is 0 Å². The van der Waals surface area contributed by atoms with E-state index < -0.39 is 24.1 Å². The van der Waals surface area contributed by atoms with Crippen LogP contribution in [-0.2, 0) is 20.0 Å². The van der Waals surface area contributed by atoms with Gasteiger partial charge in [0.05, 0.1) is 0 Å². The Bertz CT molecular complexity index is 814. The minimum absolute atomic E-state index is 0.233. The third-order valence-electron chi connectivity index (χ3n) is 3.43. The van der Waals surface area contributed by atoms with E-state index in [1.54, 1.807) is 0 Å². The first-order valence-corrected chi connectivity index (χ1v) is 11.9. The first kappa shape index (κ1) is 20.7. The second-order valence-corrected chi connectivity index (χ2v) is 15.6. The molecule has 0 aliphatic heterocycles. The quantitative estimate of drug-likeness (QED) is 0.363. The molecule has 0 bridgehead atoms. The molecule has 0 saturated heterocycles. The summed E-state index contributed by atoms with van der Waals surface area (Å²) in [5.41, 5.74) is 0.914. The first-order chi connectivity index (χ1) is 11.1. The van der Waals surface area contributed by atoms with Gasteiger partial charge in [0.2, 0.25) is 4.08 Å². The summed E-state index contributed by atoms with van der Waals surface area (Å²) in [4.78, 5) is 0. The lowest BCUT2D eigenvalue weighted by molar-refractivity contribution is 0.556. The van der Waals surface area contributed by atoms with Crippen molar-refractivity contribution in [2.45, 2.75) is 10.00 Å². The molecule has 0 fully saturated rings. The standard InChI is InChI=1S/C12H10Br4N2O4S2/c13-17(14)23(19,20)12(24(21,22)18(15)16)8-6-11(7-9-12)10-4-2-1-3-5-10/h1-9,11H. The summed E-state index contributed by atoms with van der Waals surface area (Å²) in [6.45, 7) is 0. The molecule has 0 amide bonds. The third kappa shape index (κ3) is 3.48. The van der Waals surface area contributed by atoms with Crippen LogP contribution < -0.4 is 0 Å². The first-order valence-electron chi connectivity index (χ1n) is 6.23. The van der Waals surface area contributed by atoms with Crippen molar-refractivity contribution in [3.05, 3.63) is 60.2 Å². The monoisotopic (exact) mass is 626 g/mol. The van der Waals surface area contributed by atoms with E-state index in [-0.39, 0.29) is 5.92 Å². The molecule has 24 heavy (non-hydrogen) atoms. The topological polar surface area (TPSA) is 74.8 Å². The average molecular weight is 630 g/mol. The summed E-state index contributed by atoms with van der Waals surface area (Å²) in [5, 5.41) is 0. The lowest BCUT2D eigenvalue weighted by Crippen LogP contribution is -2.49. The molecule has 1 aromatic carbocycles. The highest BCUT2D eigenvalue weighted by Gasteiger charge is 2.56. The molecule has 6 nitrogen and oxygen atoms in total. The highest BCUT2D eigenvalue weighted by atomic mass is 79.9. The van der Waals surface area contributed by atoms with Crippen molar-refractivity contribution >= 4 is 84.6 Å². The van der Waals surface area contributed by atoms with Crippen LogP contribution in [0.15, 0.2) is 54.6 Å². The van der Waals surface area contributed by atoms with Gasteiger partial charge < -0.3 is 0 Å². The Hall–Kier alpha value is 0.440. The molecule has 0 atom stereocenters. The molecular formula is C12H10Br4N2O4S2. The molecule has 1 aliphatic rings. The zero-order chi connectivity index (χ0) is 18.2. The number of hydrogen-bond donors (Lipinski definition) is 0. The SMILES string of the molecule is O=S(=O)(N(Br)Br)C1(S(=O)(=O)N(Br)Br)C=CC(c2ccccc2)C=C1. The summed E-state index contributed by atoms with van der Waals surface area (Å²) in [5.74, 6) is -0.233. The lowest BCUT2D eigenvalue weighted by atomic mass is 9.95. The Morgan fingerprint density at radius 3 is 1.58 bits per heavy atom. The van der Waals surface area contributed by atoms with Crippen molar-refractivity contribution in [3.63, 3.8) is 0 Å². The minimum Gasteiger partial charge on any atom is -0.208 e. The van der Waals surface area contributed by atoms with Crippen LogP contribution in [0.2, 0.25) is 0 Å². The van der Waals surface area contributed by atoms with Crippen LogP contribution in [0.25, 0.3) is 0 Å². The summed E-state index contributed by atoms with van der Waals surface area (Å²) in [6.07, 6.45) is 5.38. The number of allylic oxidation sites excluding steroid dienone is 2. The number of benzene rings is 1. The lowest BCUT2D eigenvalue weighted by Gasteiger charge is -2.31. The van der Waals surface area contributed by atoms with E-state index in [1.807, 2.05) is 30.3 Å². The summed E-state index contributed by atoms with van der Waals surface area (Å²) in [7, 11) is -8.73. The van der Waals surface area contributed by atoms with Gasteiger partial charge in [0.25, 0.3) is 20.0 Å². The molecule has 0 spiro atoms. The van der Waals surface area contributed by atoms with E-state index in [1.165, 1.54) is 12.2 Å². The Balaban J connectivity index is 2.60. The number of rotatable bonds is 5. The van der Waals surface area contributed by atoms with Crippen LogP contribution >= 0.6 is 64.6 Å². The van der Waals surface area contributed by atoms with Gasteiger partial charge in [-0.2, -0.15) is 0 Å². The second-order valence-electron chi connectivity index (χ2n) is 4.73. The van der Waals surface area contributed by atoms with Gasteiger partial charge in [-0.1, -0.05) is 47.2 Å². The molecule has 12 heteroatoms. The van der Waals surface area contributed by atoms with Gasteiger partial charge in [0.1, 0.15) is 0 Å². The fourth-order valence-corrected chi connectivity index (χ4v) is 9.16. The number of nitrogens with zero attached hydrogens (tertiary/aromatic N) is 2.